The molecule has 0 aliphatic heterocycles. The third-order valence-corrected chi connectivity index (χ3v) is 4.60. The topological polar surface area (TPSA) is 64.0 Å². The van der Waals surface area contributed by atoms with E-state index in [4.69, 9.17) is 0 Å². The Bertz CT molecular complexity index is 1020. The molecule has 1 amide bonds. The largest absolute Gasteiger partial charge is 0.347 e. The average Bonchev–Trinajstić information content (AvgIpc) is 2.63. The van der Waals surface area contributed by atoms with Gasteiger partial charge in [-0.1, -0.05) is 34.1 Å². The average molecular weight is 404 g/mol. The van der Waals surface area contributed by atoms with Crippen molar-refractivity contribution in [3.63, 3.8) is 0 Å². The van der Waals surface area contributed by atoms with Gasteiger partial charge in [0.2, 0.25) is 0 Å². The van der Waals surface area contributed by atoms with Crippen LogP contribution in [0.2, 0.25) is 0 Å². The minimum absolute atomic E-state index is 0.137. The first kappa shape index (κ1) is 17.3. The summed E-state index contributed by atoms with van der Waals surface area (Å²) >= 11 is 3.33. The number of carbonyl (C=O) groups excluding carboxylic acids is 1. The molecule has 1 heterocycles. The molecule has 5 nitrogen and oxygen atoms in total. The fourth-order valence-corrected chi connectivity index (χ4v) is 2.94. The van der Waals surface area contributed by atoms with Crippen molar-refractivity contribution >= 4 is 32.6 Å². The maximum atomic E-state index is 13.4. The Morgan fingerprint density at radius 2 is 1.96 bits per heavy atom. The summed E-state index contributed by atoms with van der Waals surface area (Å²) < 4.78 is 15.3. The molecular formula is C18H15BrFN3O2. The van der Waals surface area contributed by atoms with Gasteiger partial charge in [0, 0.05) is 22.9 Å². The van der Waals surface area contributed by atoms with Crippen LogP contribution in [0.1, 0.15) is 23.0 Å². The van der Waals surface area contributed by atoms with Gasteiger partial charge in [0.15, 0.2) is 5.69 Å². The van der Waals surface area contributed by atoms with Crippen LogP contribution in [-0.2, 0) is 13.1 Å². The monoisotopic (exact) mass is 403 g/mol. The molecule has 0 saturated carbocycles. The molecule has 3 rings (SSSR count). The van der Waals surface area contributed by atoms with Crippen LogP contribution in [0.3, 0.4) is 0 Å². The van der Waals surface area contributed by atoms with Gasteiger partial charge in [-0.15, -0.1) is 0 Å². The molecular weight excluding hydrogens is 389 g/mol. The quantitative estimate of drug-likeness (QED) is 0.726. The van der Waals surface area contributed by atoms with Crippen molar-refractivity contribution in [2.24, 2.45) is 0 Å². The SMILES string of the molecule is CCn1nc(C(=O)NCc2cc(F)ccc2Br)c2ccccc2c1=O. The van der Waals surface area contributed by atoms with E-state index in [2.05, 4.69) is 26.3 Å². The molecule has 1 aromatic heterocycles. The molecule has 3 aromatic rings. The van der Waals surface area contributed by atoms with E-state index in [1.165, 1.54) is 16.8 Å². The van der Waals surface area contributed by atoms with Crippen molar-refractivity contribution in [3.8, 4) is 0 Å². The van der Waals surface area contributed by atoms with Gasteiger partial charge in [0.05, 0.1) is 5.39 Å². The van der Waals surface area contributed by atoms with Gasteiger partial charge in [0.1, 0.15) is 5.82 Å². The maximum absolute atomic E-state index is 13.4. The Hall–Kier alpha value is -2.54. The number of nitrogens with one attached hydrogen (secondary N) is 1. The molecule has 2 aromatic carbocycles. The van der Waals surface area contributed by atoms with E-state index in [-0.39, 0.29) is 23.6 Å². The number of hydrogen-bond donors (Lipinski definition) is 1. The van der Waals surface area contributed by atoms with Gasteiger partial charge in [-0.2, -0.15) is 5.10 Å². The molecule has 1 N–H and O–H groups in total. The summed E-state index contributed by atoms with van der Waals surface area (Å²) in [4.78, 5) is 24.9. The summed E-state index contributed by atoms with van der Waals surface area (Å²) in [5, 5.41) is 7.84. The van der Waals surface area contributed by atoms with Gasteiger partial charge >= 0.3 is 0 Å². The van der Waals surface area contributed by atoms with Crippen LogP contribution in [-0.4, -0.2) is 15.7 Å². The molecule has 25 heavy (non-hydrogen) atoms. The van der Waals surface area contributed by atoms with E-state index in [9.17, 15) is 14.0 Å². The van der Waals surface area contributed by atoms with Crippen LogP contribution in [0.5, 0.6) is 0 Å². The second-order valence-corrected chi connectivity index (χ2v) is 6.29. The molecule has 0 unspecified atom stereocenters. The predicted octanol–water partition coefficient (Wildman–Crippen LogP) is 3.25. The molecule has 0 bridgehead atoms. The van der Waals surface area contributed by atoms with E-state index in [0.717, 1.165) is 0 Å². The van der Waals surface area contributed by atoms with E-state index >= 15 is 0 Å². The smallest absolute Gasteiger partial charge is 0.274 e. The van der Waals surface area contributed by atoms with Crippen LogP contribution in [0.4, 0.5) is 4.39 Å². The lowest BCUT2D eigenvalue weighted by Crippen LogP contribution is -2.30. The summed E-state index contributed by atoms with van der Waals surface area (Å²) in [6.45, 7) is 2.28. The number of aryl methyl sites for hydroxylation is 1. The Kier molecular flexibility index (Phi) is 4.94. The second kappa shape index (κ2) is 7.14. The first-order valence-corrected chi connectivity index (χ1v) is 8.52. The molecule has 0 spiro atoms. The third-order valence-electron chi connectivity index (χ3n) is 3.83. The number of halogens is 2. The molecule has 0 aliphatic rings. The van der Waals surface area contributed by atoms with Gasteiger partial charge in [-0.3, -0.25) is 9.59 Å². The van der Waals surface area contributed by atoms with Crippen LogP contribution in [0.25, 0.3) is 10.8 Å². The van der Waals surface area contributed by atoms with E-state index in [1.54, 1.807) is 37.3 Å². The first-order valence-electron chi connectivity index (χ1n) is 7.73. The van der Waals surface area contributed by atoms with Crippen molar-refractivity contribution in [1.82, 2.24) is 15.1 Å². The first-order chi connectivity index (χ1) is 12.0. The van der Waals surface area contributed by atoms with E-state index in [1.807, 2.05) is 0 Å². The zero-order valence-electron chi connectivity index (χ0n) is 13.4. The zero-order valence-corrected chi connectivity index (χ0v) is 15.0. The number of fused-ring (bicyclic) bond motifs is 1. The minimum atomic E-state index is -0.422. The van der Waals surface area contributed by atoms with Crippen LogP contribution in [0.15, 0.2) is 51.7 Å². The van der Waals surface area contributed by atoms with Crippen molar-refractivity contribution in [2.75, 3.05) is 0 Å². The highest BCUT2D eigenvalue weighted by Crippen LogP contribution is 2.18. The maximum Gasteiger partial charge on any atom is 0.274 e. The Morgan fingerprint density at radius 1 is 1.24 bits per heavy atom. The summed E-state index contributed by atoms with van der Waals surface area (Å²) in [6.07, 6.45) is 0. The van der Waals surface area contributed by atoms with Crippen LogP contribution < -0.4 is 10.9 Å². The summed E-state index contributed by atoms with van der Waals surface area (Å²) in [6, 6.07) is 11.1. The fourth-order valence-electron chi connectivity index (χ4n) is 2.56. The normalized spacial score (nSPS) is 10.8. The molecule has 0 fully saturated rings. The van der Waals surface area contributed by atoms with Crippen LogP contribution >= 0.6 is 15.9 Å². The number of rotatable bonds is 4. The summed E-state index contributed by atoms with van der Waals surface area (Å²) in [5.74, 6) is -0.801. The highest BCUT2D eigenvalue weighted by Gasteiger charge is 2.16. The predicted molar refractivity (Wildman–Crippen MR) is 96.9 cm³/mol. The number of aromatic nitrogens is 2. The fraction of sp³-hybridized carbons (Fsp3) is 0.167. The lowest BCUT2D eigenvalue weighted by Gasteiger charge is -2.11. The van der Waals surface area contributed by atoms with Gasteiger partial charge in [0.25, 0.3) is 11.5 Å². The zero-order chi connectivity index (χ0) is 18.0. The van der Waals surface area contributed by atoms with E-state index in [0.29, 0.717) is 27.4 Å². The number of nitrogens with zero attached hydrogens (tertiary/aromatic N) is 2. The lowest BCUT2D eigenvalue weighted by atomic mass is 10.1. The second-order valence-electron chi connectivity index (χ2n) is 5.43. The number of benzene rings is 2. The molecule has 7 heteroatoms. The lowest BCUT2D eigenvalue weighted by molar-refractivity contribution is 0.0945. The summed E-state index contributed by atoms with van der Waals surface area (Å²) in [7, 11) is 0. The van der Waals surface area contributed by atoms with Crippen molar-refractivity contribution in [1.29, 1.82) is 0 Å². The molecule has 0 saturated heterocycles. The van der Waals surface area contributed by atoms with Gasteiger partial charge in [-0.05, 0) is 36.8 Å². The molecule has 128 valence electrons. The Balaban J connectivity index is 1.96. The molecule has 0 radical (unpaired) electrons. The third kappa shape index (κ3) is 3.46. The summed E-state index contributed by atoms with van der Waals surface area (Å²) in [5.41, 5.74) is 0.550. The highest BCUT2D eigenvalue weighted by atomic mass is 79.9. The molecule has 0 atom stereocenters. The van der Waals surface area contributed by atoms with Crippen molar-refractivity contribution in [3.05, 3.63) is 74.4 Å². The molecule has 0 aliphatic carbocycles. The van der Waals surface area contributed by atoms with Gasteiger partial charge in [-0.25, -0.2) is 9.07 Å². The number of hydrogen-bond acceptors (Lipinski definition) is 3. The number of carbonyl (C=O) groups is 1. The standard InChI is InChI=1S/C18H15BrFN3O2/c1-2-23-18(25)14-6-4-3-5-13(14)16(22-23)17(24)21-10-11-9-12(20)7-8-15(11)19/h3-9H,2,10H2,1H3,(H,21,24). The van der Waals surface area contributed by atoms with Crippen LogP contribution in [0, 0.1) is 5.82 Å². The van der Waals surface area contributed by atoms with E-state index < -0.39 is 5.91 Å². The van der Waals surface area contributed by atoms with Crippen molar-refractivity contribution < 1.29 is 9.18 Å². The Labute approximate surface area is 151 Å². The Morgan fingerprint density at radius 3 is 2.68 bits per heavy atom. The highest BCUT2D eigenvalue weighted by molar-refractivity contribution is 9.10. The minimum Gasteiger partial charge on any atom is -0.347 e. The van der Waals surface area contributed by atoms with Gasteiger partial charge < -0.3 is 5.32 Å². The number of amides is 1. The van der Waals surface area contributed by atoms with Crippen molar-refractivity contribution in [2.45, 2.75) is 20.0 Å².